The maximum atomic E-state index is 8.95. The van der Waals surface area contributed by atoms with Gasteiger partial charge in [-0.2, -0.15) is 0 Å². The quantitative estimate of drug-likeness (QED) is 0.534. The first-order valence-corrected chi connectivity index (χ1v) is 3.34. The summed E-state index contributed by atoms with van der Waals surface area (Å²) in [5.74, 6) is 0.647. The van der Waals surface area contributed by atoms with E-state index >= 15 is 0 Å². The molecule has 0 aliphatic carbocycles. The first-order valence-electron chi connectivity index (χ1n) is 3.34. The molecule has 0 aromatic heterocycles. The Morgan fingerprint density at radius 1 is 1.78 bits per heavy atom. The minimum atomic E-state index is 0.647. The second-order valence-electron chi connectivity index (χ2n) is 2.73. The molecule has 1 heterocycles. The molecule has 9 heavy (non-hydrogen) atoms. The van der Waals surface area contributed by atoms with Crippen molar-refractivity contribution in [2.75, 3.05) is 6.54 Å². The second-order valence-corrected chi connectivity index (χ2v) is 2.73. The average Bonchev–Trinajstić information content (AvgIpc) is 1.80. The van der Waals surface area contributed by atoms with E-state index < -0.39 is 0 Å². The molecule has 1 rings (SSSR count). The molecule has 1 unspecified atom stereocenters. The van der Waals surface area contributed by atoms with Crippen molar-refractivity contribution in [3.8, 4) is 0 Å². The highest BCUT2D eigenvalue weighted by Crippen LogP contribution is 2.18. The fraction of sp³-hybridized carbons (Fsp3) is 0.714. The molecule has 2 heteroatoms. The molecule has 0 fully saturated rings. The summed E-state index contributed by atoms with van der Waals surface area (Å²) in [5, 5.41) is 10.2. The Hall–Kier alpha value is -0.500. The molecule has 0 aromatic rings. The van der Waals surface area contributed by atoms with E-state index in [-0.39, 0.29) is 0 Å². The van der Waals surface area contributed by atoms with Crippen LogP contribution in [0.25, 0.3) is 0 Å². The summed E-state index contributed by atoms with van der Waals surface area (Å²) in [6.45, 7) is 5.00. The van der Waals surface area contributed by atoms with Crippen LogP contribution in [0.3, 0.4) is 0 Å². The van der Waals surface area contributed by atoms with E-state index in [0.29, 0.717) is 5.92 Å². The van der Waals surface area contributed by atoms with E-state index in [0.717, 1.165) is 13.0 Å². The summed E-state index contributed by atoms with van der Waals surface area (Å²) in [6.07, 6.45) is 2.87. The first-order chi connectivity index (χ1) is 4.20. The molecular formula is C7H13NO. The number of hydroxylamine groups is 2. The smallest absolute Gasteiger partial charge is 0.0452 e. The van der Waals surface area contributed by atoms with Gasteiger partial charge in [0, 0.05) is 12.7 Å². The van der Waals surface area contributed by atoms with E-state index in [2.05, 4.69) is 6.92 Å². The van der Waals surface area contributed by atoms with Gasteiger partial charge in [-0.25, -0.2) is 0 Å². The molecule has 0 saturated carbocycles. The molecule has 0 bridgehead atoms. The molecule has 1 aliphatic rings. The normalized spacial score (nSPS) is 28.1. The van der Waals surface area contributed by atoms with Crippen LogP contribution in [0.4, 0.5) is 0 Å². The van der Waals surface area contributed by atoms with Crippen molar-refractivity contribution in [2.24, 2.45) is 5.92 Å². The molecule has 1 aliphatic heterocycles. The van der Waals surface area contributed by atoms with Crippen LogP contribution in [-0.4, -0.2) is 16.8 Å². The van der Waals surface area contributed by atoms with E-state index in [1.165, 1.54) is 10.6 Å². The SMILES string of the molecule is CC1=CN(O)CCC1C. The van der Waals surface area contributed by atoms with Crippen LogP contribution >= 0.6 is 0 Å². The largest absolute Gasteiger partial charge is 0.289 e. The molecule has 0 spiro atoms. The maximum Gasteiger partial charge on any atom is 0.0452 e. The molecule has 0 aromatic carbocycles. The Bertz CT molecular complexity index is 131. The van der Waals surface area contributed by atoms with Gasteiger partial charge in [0.1, 0.15) is 0 Å². The monoisotopic (exact) mass is 127 g/mol. The molecule has 52 valence electrons. The van der Waals surface area contributed by atoms with Crippen LogP contribution in [0.1, 0.15) is 20.3 Å². The predicted molar refractivity (Wildman–Crippen MR) is 36.0 cm³/mol. The van der Waals surface area contributed by atoms with E-state index in [1.807, 2.05) is 6.92 Å². The molecule has 0 amide bonds. The number of hydrogen-bond donors (Lipinski definition) is 1. The second kappa shape index (κ2) is 2.40. The van der Waals surface area contributed by atoms with Crippen molar-refractivity contribution in [1.82, 2.24) is 5.06 Å². The summed E-state index contributed by atoms with van der Waals surface area (Å²) in [4.78, 5) is 0. The molecular weight excluding hydrogens is 114 g/mol. The standard InChI is InChI=1S/C7H13NO/c1-6-3-4-8(9)5-7(6)2/h5-6,9H,3-4H2,1-2H3. The third kappa shape index (κ3) is 1.45. The maximum absolute atomic E-state index is 8.95. The lowest BCUT2D eigenvalue weighted by Gasteiger charge is -2.23. The summed E-state index contributed by atoms with van der Waals surface area (Å²) in [6, 6.07) is 0. The van der Waals surface area contributed by atoms with Crippen molar-refractivity contribution in [3.63, 3.8) is 0 Å². The summed E-state index contributed by atoms with van der Waals surface area (Å²) in [5.41, 5.74) is 1.27. The molecule has 2 nitrogen and oxygen atoms in total. The Balaban J connectivity index is 2.61. The van der Waals surface area contributed by atoms with Gasteiger partial charge < -0.3 is 0 Å². The zero-order valence-electron chi connectivity index (χ0n) is 5.96. The third-order valence-corrected chi connectivity index (χ3v) is 1.92. The van der Waals surface area contributed by atoms with Crippen LogP contribution in [0.5, 0.6) is 0 Å². The van der Waals surface area contributed by atoms with Gasteiger partial charge in [-0.3, -0.25) is 10.3 Å². The van der Waals surface area contributed by atoms with Gasteiger partial charge in [-0.15, -0.1) is 0 Å². The summed E-state index contributed by atoms with van der Waals surface area (Å²) in [7, 11) is 0. The van der Waals surface area contributed by atoms with E-state index in [4.69, 9.17) is 5.21 Å². The number of nitrogens with zero attached hydrogens (tertiary/aromatic N) is 1. The van der Waals surface area contributed by atoms with Crippen molar-refractivity contribution in [1.29, 1.82) is 0 Å². The topological polar surface area (TPSA) is 23.5 Å². The van der Waals surface area contributed by atoms with Crippen LogP contribution in [0, 0.1) is 5.92 Å². The Morgan fingerprint density at radius 2 is 2.44 bits per heavy atom. The van der Waals surface area contributed by atoms with Gasteiger partial charge in [0.25, 0.3) is 0 Å². The Morgan fingerprint density at radius 3 is 2.89 bits per heavy atom. The summed E-state index contributed by atoms with van der Waals surface area (Å²) < 4.78 is 0. The van der Waals surface area contributed by atoms with Crippen LogP contribution in [0.15, 0.2) is 11.8 Å². The molecule has 0 radical (unpaired) electrons. The predicted octanol–water partition coefficient (Wildman–Crippen LogP) is 1.62. The van der Waals surface area contributed by atoms with Gasteiger partial charge >= 0.3 is 0 Å². The zero-order chi connectivity index (χ0) is 6.85. The highest BCUT2D eigenvalue weighted by molar-refractivity contribution is 5.03. The number of allylic oxidation sites excluding steroid dienone is 1. The van der Waals surface area contributed by atoms with Crippen LogP contribution < -0.4 is 0 Å². The minimum Gasteiger partial charge on any atom is -0.289 e. The highest BCUT2D eigenvalue weighted by atomic mass is 16.5. The lowest BCUT2D eigenvalue weighted by molar-refractivity contribution is -0.0506. The van der Waals surface area contributed by atoms with Crippen molar-refractivity contribution in [3.05, 3.63) is 11.8 Å². The first kappa shape index (κ1) is 6.62. The van der Waals surface area contributed by atoms with Crippen LogP contribution in [0.2, 0.25) is 0 Å². The lowest BCUT2D eigenvalue weighted by atomic mass is 9.98. The third-order valence-electron chi connectivity index (χ3n) is 1.92. The number of hydrogen-bond acceptors (Lipinski definition) is 2. The average molecular weight is 127 g/mol. The van der Waals surface area contributed by atoms with Gasteiger partial charge in [0.15, 0.2) is 0 Å². The number of rotatable bonds is 0. The van der Waals surface area contributed by atoms with Crippen molar-refractivity contribution in [2.45, 2.75) is 20.3 Å². The van der Waals surface area contributed by atoms with Crippen LogP contribution in [-0.2, 0) is 0 Å². The van der Waals surface area contributed by atoms with Gasteiger partial charge in [0.2, 0.25) is 0 Å². The fourth-order valence-electron chi connectivity index (χ4n) is 0.980. The van der Waals surface area contributed by atoms with Gasteiger partial charge in [-0.1, -0.05) is 12.5 Å². The van der Waals surface area contributed by atoms with Crippen molar-refractivity contribution < 1.29 is 5.21 Å². The van der Waals surface area contributed by atoms with E-state index in [9.17, 15) is 0 Å². The molecule has 0 saturated heterocycles. The van der Waals surface area contributed by atoms with Gasteiger partial charge in [0.05, 0.1) is 0 Å². The zero-order valence-corrected chi connectivity index (χ0v) is 5.96. The van der Waals surface area contributed by atoms with Crippen molar-refractivity contribution >= 4 is 0 Å². The Labute approximate surface area is 55.7 Å². The van der Waals surface area contributed by atoms with Gasteiger partial charge in [-0.05, 0) is 19.3 Å². The van der Waals surface area contributed by atoms with E-state index in [1.54, 1.807) is 6.20 Å². The summed E-state index contributed by atoms with van der Waals surface area (Å²) >= 11 is 0. The Kier molecular flexibility index (Phi) is 1.76. The lowest BCUT2D eigenvalue weighted by Crippen LogP contribution is -2.22. The molecule has 1 N–H and O–H groups in total. The molecule has 1 atom stereocenters. The fourth-order valence-corrected chi connectivity index (χ4v) is 0.980. The minimum absolute atomic E-state index is 0.647. The highest BCUT2D eigenvalue weighted by Gasteiger charge is 2.11.